The number of halogens is 1. The summed E-state index contributed by atoms with van der Waals surface area (Å²) in [6.45, 7) is 0. The smallest absolute Gasteiger partial charge is 0.124 e. The van der Waals surface area contributed by atoms with E-state index in [2.05, 4.69) is 44.1 Å². The first kappa shape index (κ1) is 9.93. The summed E-state index contributed by atoms with van der Waals surface area (Å²) in [5.41, 5.74) is 1.15. The standard InChI is InChI=1S/C12H7BrN2S/c13-11-7-16-12(15-11)9-1-2-10-6-14-4-3-8(10)5-9/h1-7H. The molecule has 0 spiro atoms. The Hall–Kier alpha value is -1.26. The van der Waals surface area contributed by atoms with Gasteiger partial charge in [0.1, 0.15) is 9.61 Å². The highest BCUT2D eigenvalue weighted by molar-refractivity contribution is 9.10. The molecule has 0 unspecified atom stereocenters. The molecule has 0 saturated carbocycles. The zero-order valence-corrected chi connectivity index (χ0v) is 10.6. The molecular formula is C12H7BrN2S. The van der Waals surface area contributed by atoms with Crippen LogP contribution >= 0.6 is 27.3 Å². The lowest BCUT2D eigenvalue weighted by molar-refractivity contribution is 1.35. The third kappa shape index (κ3) is 1.74. The van der Waals surface area contributed by atoms with Crippen LogP contribution in [0.5, 0.6) is 0 Å². The predicted molar refractivity (Wildman–Crippen MR) is 70.6 cm³/mol. The number of pyridine rings is 1. The summed E-state index contributed by atoms with van der Waals surface area (Å²) in [6, 6.07) is 8.31. The maximum atomic E-state index is 4.41. The summed E-state index contributed by atoms with van der Waals surface area (Å²) in [7, 11) is 0. The van der Waals surface area contributed by atoms with Gasteiger partial charge in [0, 0.05) is 28.7 Å². The second-order valence-corrected chi connectivity index (χ2v) is 5.08. The largest absolute Gasteiger partial charge is 0.264 e. The van der Waals surface area contributed by atoms with Gasteiger partial charge in [-0.15, -0.1) is 11.3 Å². The molecule has 3 rings (SSSR count). The van der Waals surface area contributed by atoms with Crippen molar-refractivity contribution in [3.8, 4) is 10.6 Å². The molecule has 4 heteroatoms. The van der Waals surface area contributed by atoms with E-state index >= 15 is 0 Å². The quantitative estimate of drug-likeness (QED) is 0.674. The third-order valence-electron chi connectivity index (χ3n) is 2.36. The van der Waals surface area contributed by atoms with Gasteiger partial charge < -0.3 is 0 Å². The number of nitrogens with zero attached hydrogens (tertiary/aromatic N) is 2. The normalized spacial score (nSPS) is 10.8. The van der Waals surface area contributed by atoms with Gasteiger partial charge in [-0.25, -0.2) is 4.98 Å². The highest BCUT2D eigenvalue weighted by atomic mass is 79.9. The Balaban J connectivity index is 2.18. The molecule has 16 heavy (non-hydrogen) atoms. The van der Waals surface area contributed by atoms with Gasteiger partial charge in [0.05, 0.1) is 0 Å². The molecule has 0 fully saturated rings. The highest BCUT2D eigenvalue weighted by Gasteiger charge is 2.03. The molecule has 78 valence electrons. The van der Waals surface area contributed by atoms with Gasteiger partial charge >= 0.3 is 0 Å². The lowest BCUT2D eigenvalue weighted by atomic mass is 10.1. The van der Waals surface area contributed by atoms with Crippen LogP contribution in [-0.2, 0) is 0 Å². The van der Waals surface area contributed by atoms with E-state index in [4.69, 9.17) is 0 Å². The fourth-order valence-electron chi connectivity index (χ4n) is 1.60. The van der Waals surface area contributed by atoms with E-state index in [1.54, 1.807) is 11.3 Å². The van der Waals surface area contributed by atoms with Gasteiger partial charge in [0.2, 0.25) is 0 Å². The van der Waals surface area contributed by atoms with Crippen LogP contribution in [0.15, 0.2) is 46.6 Å². The van der Waals surface area contributed by atoms with Crippen LogP contribution in [-0.4, -0.2) is 9.97 Å². The first-order valence-corrected chi connectivity index (χ1v) is 6.45. The Bertz CT molecular complexity index is 648. The first-order valence-electron chi connectivity index (χ1n) is 4.78. The Morgan fingerprint density at radius 3 is 2.88 bits per heavy atom. The van der Waals surface area contributed by atoms with Gasteiger partial charge in [-0.2, -0.15) is 0 Å². The van der Waals surface area contributed by atoms with E-state index < -0.39 is 0 Å². The molecule has 2 aromatic heterocycles. The zero-order chi connectivity index (χ0) is 11.0. The van der Waals surface area contributed by atoms with Crippen molar-refractivity contribution < 1.29 is 0 Å². The van der Waals surface area contributed by atoms with Gasteiger partial charge in [-0.3, -0.25) is 4.98 Å². The lowest BCUT2D eigenvalue weighted by Crippen LogP contribution is -1.79. The second-order valence-electron chi connectivity index (χ2n) is 3.41. The maximum absolute atomic E-state index is 4.41. The van der Waals surface area contributed by atoms with Crippen LogP contribution in [0, 0.1) is 0 Å². The number of aromatic nitrogens is 2. The van der Waals surface area contributed by atoms with E-state index in [1.165, 1.54) is 5.39 Å². The van der Waals surface area contributed by atoms with Gasteiger partial charge in [0.15, 0.2) is 0 Å². The number of rotatable bonds is 1. The SMILES string of the molecule is Brc1csc(-c2ccc3cnccc3c2)n1. The van der Waals surface area contributed by atoms with E-state index in [1.807, 2.05) is 23.8 Å². The molecule has 2 nitrogen and oxygen atoms in total. The van der Waals surface area contributed by atoms with E-state index in [0.29, 0.717) is 0 Å². The number of thiazole rings is 1. The lowest BCUT2D eigenvalue weighted by Gasteiger charge is -1.99. The minimum absolute atomic E-state index is 0.891. The summed E-state index contributed by atoms with van der Waals surface area (Å²) >= 11 is 5.01. The Morgan fingerprint density at radius 2 is 2.06 bits per heavy atom. The van der Waals surface area contributed by atoms with Crippen LogP contribution in [0.4, 0.5) is 0 Å². The van der Waals surface area contributed by atoms with E-state index in [0.717, 1.165) is 20.6 Å². The molecule has 3 aromatic rings. The fourth-order valence-corrected chi connectivity index (χ4v) is 2.85. The van der Waals surface area contributed by atoms with Crippen molar-refractivity contribution in [3.63, 3.8) is 0 Å². The summed E-state index contributed by atoms with van der Waals surface area (Å²) < 4.78 is 0.891. The Morgan fingerprint density at radius 1 is 1.12 bits per heavy atom. The molecule has 0 bridgehead atoms. The van der Waals surface area contributed by atoms with E-state index in [9.17, 15) is 0 Å². The molecule has 2 heterocycles. The van der Waals surface area contributed by atoms with Crippen molar-refractivity contribution in [1.29, 1.82) is 0 Å². The van der Waals surface area contributed by atoms with Crippen molar-refractivity contribution in [3.05, 3.63) is 46.6 Å². The van der Waals surface area contributed by atoms with Crippen LogP contribution in [0.25, 0.3) is 21.3 Å². The van der Waals surface area contributed by atoms with Crippen molar-refractivity contribution >= 4 is 38.0 Å². The number of fused-ring (bicyclic) bond motifs is 1. The minimum atomic E-state index is 0.891. The predicted octanol–water partition coefficient (Wildman–Crippen LogP) is 4.12. The summed E-state index contributed by atoms with van der Waals surface area (Å²) in [5, 5.41) is 5.37. The number of hydrogen-bond donors (Lipinski definition) is 0. The molecule has 1 aromatic carbocycles. The average molecular weight is 291 g/mol. The van der Waals surface area contributed by atoms with Gasteiger partial charge in [-0.05, 0) is 33.4 Å². The number of hydrogen-bond acceptors (Lipinski definition) is 3. The average Bonchev–Trinajstić information content (AvgIpc) is 2.75. The molecule has 0 saturated heterocycles. The molecule has 0 aliphatic heterocycles. The van der Waals surface area contributed by atoms with Crippen LogP contribution < -0.4 is 0 Å². The van der Waals surface area contributed by atoms with Crippen molar-refractivity contribution in [2.75, 3.05) is 0 Å². The van der Waals surface area contributed by atoms with Gasteiger partial charge in [0.25, 0.3) is 0 Å². The zero-order valence-electron chi connectivity index (χ0n) is 8.22. The third-order valence-corrected chi connectivity index (χ3v) is 3.96. The maximum Gasteiger partial charge on any atom is 0.124 e. The fraction of sp³-hybridized carbons (Fsp3) is 0. The highest BCUT2D eigenvalue weighted by Crippen LogP contribution is 2.28. The second kappa shape index (κ2) is 3.96. The van der Waals surface area contributed by atoms with E-state index in [-0.39, 0.29) is 0 Å². The van der Waals surface area contributed by atoms with Crippen LogP contribution in [0.3, 0.4) is 0 Å². The minimum Gasteiger partial charge on any atom is -0.264 e. The Labute approximate surface area is 105 Å². The summed E-state index contributed by atoms with van der Waals surface area (Å²) in [6.07, 6.45) is 3.68. The molecular weight excluding hydrogens is 284 g/mol. The van der Waals surface area contributed by atoms with Crippen molar-refractivity contribution in [2.24, 2.45) is 0 Å². The molecule has 0 N–H and O–H groups in total. The van der Waals surface area contributed by atoms with Gasteiger partial charge in [-0.1, -0.05) is 12.1 Å². The molecule has 0 aliphatic carbocycles. The van der Waals surface area contributed by atoms with Crippen molar-refractivity contribution in [2.45, 2.75) is 0 Å². The molecule has 0 atom stereocenters. The molecule has 0 aliphatic rings. The van der Waals surface area contributed by atoms with Crippen LogP contribution in [0.2, 0.25) is 0 Å². The monoisotopic (exact) mass is 290 g/mol. The summed E-state index contributed by atoms with van der Waals surface area (Å²) in [5.74, 6) is 0. The Kier molecular flexibility index (Phi) is 2.46. The first-order chi connectivity index (χ1) is 7.83. The summed E-state index contributed by atoms with van der Waals surface area (Å²) in [4.78, 5) is 8.51. The topological polar surface area (TPSA) is 25.8 Å². The van der Waals surface area contributed by atoms with Crippen molar-refractivity contribution in [1.82, 2.24) is 9.97 Å². The molecule has 0 amide bonds. The number of benzene rings is 1. The molecule has 0 radical (unpaired) electrons. The van der Waals surface area contributed by atoms with Crippen LogP contribution in [0.1, 0.15) is 0 Å².